The number of amides is 1. The first-order chi connectivity index (χ1) is 10.0. The van der Waals surface area contributed by atoms with E-state index in [0.717, 1.165) is 24.3 Å². The summed E-state index contributed by atoms with van der Waals surface area (Å²) in [6.45, 7) is 3.34. The van der Waals surface area contributed by atoms with Crippen LogP contribution in [0.25, 0.3) is 0 Å². The van der Waals surface area contributed by atoms with E-state index in [9.17, 15) is 9.59 Å². The smallest absolute Gasteiger partial charge is 0.303 e. The molecule has 1 fully saturated rings. The molecule has 1 unspecified atom stereocenters. The number of carbonyl (C=O) groups excluding carboxylic acids is 1. The molecule has 1 aromatic heterocycles. The second-order valence-electron chi connectivity index (χ2n) is 5.45. The minimum atomic E-state index is -0.769. The van der Waals surface area contributed by atoms with Crippen LogP contribution >= 0.6 is 11.3 Å². The summed E-state index contributed by atoms with van der Waals surface area (Å²) in [7, 11) is 1.57. The second kappa shape index (κ2) is 6.93. The number of carbonyl (C=O) groups is 2. The molecule has 0 saturated carbocycles. The van der Waals surface area contributed by atoms with E-state index < -0.39 is 5.97 Å². The van der Waals surface area contributed by atoms with E-state index in [1.54, 1.807) is 7.11 Å². The zero-order valence-electron chi connectivity index (χ0n) is 12.4. The topological polar surface area (TPSA) is 66.8 Å². The Morgan fingerprint density at radius 3 is 2.95 bits per heavy atom. The quantitative estimate of drug-likeness (QED) is 0.908. The Morgan fingerprint density at radius 2 is 2.29 bits per heavy atom. The molecule has 1 aliphatic heterocycles. The van der Waals surface area contributed by atoms with E-state index in [2.05, 4.69) is 0 Å². The molecule has 2 heterocycles. The van der Waals surface area contributed by atoms with Crippen LogP contribution in [0.5, 0.6) is 5.75 Å². The highest BCUT2D eigenvalue weighted by molar-refractivity contribution is 7.14. The Labute approximate surface area is 128 Å². The third-order valence-corrected chi connectivity index (χ3v) is 4.83. The lowest BCUT2D eigenvalue weighted by atomic mass is 9.93. The molecule has 0 spiro atoms. The van der Waals surface area contributed by atoms with Crippen LogP contribution in [0.15, 0.2) is 6.07 Å². The third-order valence-electron chi connectivity index (χ3n) is 3.81. The van der Waals surface area contributed by atoms with Gasteiger partial charge in [-0.15, -0.1) is 11.3 Å². The highest BCUT2D eigenvalue weighted by atomic mass is 32.1. The van der Waals surface area contributed by atoms with Gasteiger partial charge in [-0.25, -0.2) is 0 Å². The van der Waals surface area contributed by atoms with Crippen molar-refractivity contribution < 1.29 is 19.4 Å². The van der Waals surface area contributed by atoms with Crippen molar-refractivity contribution in [3.8, 4) is 5.75 Å². The monoisotopic (exact) mass is 311 g/mol. The van der Waals surface area contributed by atoms with Gasteiger partial charge < -0.3 is 14.7 Å². The first kappa shape index (κ1) is 15.8. The molecular weight excluding hydrogens is 290 g/mol. The predicted molar refractivity (Wildman–Crippen MR) is 81.1 cm³/mol. The van der Waals surface area contributed by atoms with Crippen molar-refractivity contribution in [2.75, 3.05) is 20.2 Å². The fourth-order valence-corrected chi connectivity index (χ4v) is 3.70. The molecule has 0 radical (unpaired) electrons. The number of aliphatic carboxylic acids is 1. The summed E-state index contributed by atoms with van der Waals surface area (Å²) < 4.78 is 5.27. The van der Waals surface area contributed by atoms with E-state index in [1.807, 2.05) is 17.9 Å². The molecule has 21 heavy (non-hydrogen) atoms. The fraction of sp³-hybridized carbons (Fsp3) is 0.600. The summed E-state index contributed by atoms with van der Waals surface area (Å²) in [4.78, 5) is 26.8. The number of hydrogen-bond acceptors (Lipinski definition) is 4. The van der Waals surface area contributed by atoms with E-state index in [0.29, 0.717) is 23.6 Å². The van der Waals surface area contributed by atoms with Crippen molar-refractivity contribution in [3.05, 3.63) is 15.8 Å². The normalized spacial score (nSPS) is 18.6. The molecule has 0 bridgehead atoms. The first-order valence-electron chi connectivity index (χ1n) is 7.16. The number of nitrogens with zero attached hydrogens (tertiary/aromatic N) is 1. The lowest BCUT2D eigenvalue weighted by molar-refractivity contribution is -0.137. The number of rotatable bonds is 5. The number of piperidine rings is 1. The zero-order valence-corrected chi connectivity index (χ0v) is 13.2. The van der Waals surface area contributed by atoms with Gasteiger partial charge in [0, 0.05) is 24.4 Å². The highest BCUT2D eigenvalue weighted by Crippen LogP contribution is 2.31. The molecule has 1 aliphatic rings. The Balaban J connectivity index is 2.03. The number of likely N-dealkylation sites (tertiary alicyclic amines) is 1. The van der Waals surface area contributed by atoms with Crippen LogP contribution in [0.1, 0.15) is 40.2 Å². The molecule has 5 nitrogen and oxygen atoms in total. The summed E-state index contributed by atoms with van der Waals surface area (Å²) >= 11 is 1.45. The lowest BCUT2D eigenvalue weighted by Gasteiger charge is -2.32. The molecule has 2 rings (SSSR count). The van der Waals surface area contributed by atoms with Crippen LogP contribution in [-0.2, 0) is 4.79 Å². The third kappa shape index (κ3) is 3.97. The van der Waals surface area contributed by atoms with Crippen molar-refractivity contribution in [3.63, 3.8) is 0 Å². The summed E-state index contributed by atoms with van der Waals surface area (Å²) in [5.74, 6) is 0.153. The SMILES string of the molecule is COc1cc(C)sc1C(=O)N1CCCC(CCC(=O)O)C1. The van der Waals surface area contributed by atoms with E-state index in [-0.39, 0.29) is 18.2 Å². The number of carboxylic acid groups (broad SMARTS) is 1. The molecule has 1 saturated heterocycles. The van der Waals surface area contributed by atoms with Crippen LogP contribution in [0, 0.1) is 12.8 Å². The van der Waals surface area contributed by atoms with Crippen molar-refractivity contribution in [2.24, 2.45) is 5.92 Å². The Morgan fingerprint density at radius 1 is 1.52 bits per heavy atom. The number of methoxy groups -OCH3 is 1. The van der Waals surface area contributed by atoms with Gasteiger partial charge in [0.05, 0.1) is 7.11 Å². The van der Waals surface area contributed by atoms with Crippen molar-refractivity contribution >= 4 is 23.2 Å². The lowest BCUT2D eigenvalue weighted by Crippen LogP contribution is -2.39. The highest BCUT2D eigenvalue weighted by Gasteiger charge is 2.27. The van der Waals surface area contributed by atoms with Gasteiger partial charge >= 0.3 is 5.97 Å². The van der Waals surface area contributed by atoms with Gasteiger partial charge in [-0.1, -0.05) is 0 Å². The van der Waals surface area contributed by atoms with E-state index in [4.69, 9.17) is 9.84 Å². The maximum atomic E-state index is 12.6. The standard InChI is InChI=1S/C15H21NO4S/c1-10-8-12(20-2)14(21-10)15(19)16-7-3-4-11(9-16)5-6-13(17)18/h8,11H,3-7,9H2,1-2H3,(H,17,18). The molecular formula is C15H21NO4S. The van der Waals surface area contributed by atoms with Gasteiger partial charge in [0.15, 0.2) is 0 Å². The summed E-state index contributed by atoms with van der Waals surface area (Å²) in [5, 5.41) is 8.77. The number of aryl methyl sites for hydroxylation is 1. The molecule has 0 aliphatic carbocycles. The molecule has 0 aromatic carbocycles. The number of hydrogen-bond donors (Lipinski definition) is 1. The van der Waals surface area contributed by atoms with Crippen LogP contribution in [0.2, 0.25) is 0 Å². The Hall–Kier alpha value is -1.56. The minimum absolute atomic E-state index is 0.00461. The molecule has 1 atom stereocenters. The average Bonchev–Trinajstić information content (AvgIpc) is 2.85. The van der Waals surface area contributed by atoms with Gasteiger partial charge in [-0.2, -0.15) is 0 Å². The van der Waals surface area contributed by atoms with E-state index >= 15 is 0 Å². The second-order valence-corrected chi connectivity index (χ2v) is 6.70. The van der Waals surface area contributed by atoms with Gasteiger partial charge in [-0.05, 0) is 38.2 Å². The van der Waals surface area contributed by atoms with Crippen LogP contribution in [0.3, 0.4) is 0 Å². The van der Waals surface area contributed by atoms with Crippen LogP contribution in [0.4, 0.5) is 0 Å². The average molecular weight is 311 g/mol. The largest absolute Gasteiger partial charge is 0.495 e. The summed E-state index contributed by atoms with van der Waals surface area (Å²) in [6, 6.07) is 1.88. The van der Waals surface area contributed by atoms with Gasteiger partial charge in [0.2, 0.25) is 0 Å². The summed E-state index contributed by atoms with van der Waals surface area (Å²) in [5.41, 5.74) is 0. The number of ether oxygens (including phenoxy) is 1. The van der Waals surface area contributed by atoms with Crippen LogP contribution < -0.4 is 4.74 Å². The molecule has 1 amide bonds. The maximum absolute atomic E-state index is 12.6. The molecule has 6 heteroatoms. The molecule has 1 aromatic rings. The van der Waals surface area contributed by atoms with E-state index in [1.165, 1.54) is 11.3 Å². The number of thiophene rings is 1. The van der Waals surface area contributed by atoms with Crippen molar-refractivity contribution in [1.29, 1.82) is 0 Å². The molecule has 116 valence electrons. The zero-order chi connectivity index (χ0) is 15.4. The minimum Gasteiger partial charge on any atom is -0.495 e. The van der Waals surface area contributed by atoms with Crippen LogP contribution in [-0.4, -0.2) is 42.1 Å². The van der Waals surface area contributed by atoms with Gasteiger partial charge in [0.1, 0.15) is 10.6 Å². The molecule has 1 N–H and O–H groups in total. The first-order valence-corrected chi connectivity index (χ1v) is 7.98. The van der Waals surface area contributed by atoms with Gasteiger partial charge in [0.25, 0.3) is 5.91 Å². The predicted octanol–water partition coefficient (Wildman–Crippen LogP) is 2.78. The fourth-order valence-electron chi connectivity index (χ4n) is 2.75. The number of carboxylic acids is 1. The Kier molecular flexibility index (Phi) is 5.22. The maximum Gasteiger partial charge on any atom is 0.303 e. The van der Waals surface area contributed by atoms with Crippen molar-refractivity contribution in [2.45, 2.75) is 32.6 Å². The Bertz CT molecular complexity index is 526. The van der Waals surface area contributed by atoms with Crippen molar-refractivity contribution in [1.82, 2.24) is 4.90 Å². The van der Waals surface area contributed by atoms with Gasteiger partial charge in [-0.3, -0.25) is 9.59 Å². The summed E-state index contributed by atoms with van der Waals surface area (Å²) in [6.07, 6.45) is 2.74.